The van der Waals surface area contributed by atoms with E-state index in [2.05, 4.69) is 5.32 Å². The topological polar surface area (TPSA) is 81.4 Å². The molecular formula is C25H21FN2O3. The van der Waals surface area contributed by atoms with E-state index < -0.39 is 0 Å². The number of nitrogens with two attached hydrogens (primary N) is 1. The number of benzene rings is 3. The van der Waals surface area contributed by atoms with Gasteiger partial charge in [-0.15, -0.1) is 0 Å². The number of allylic oxidation sites excluding steroid dienone is 2. The lowest BCUT2D eigenvalue weighted by Gasteiger charge is -2.20. The zero-order chi connectivity index (χ0) is 22.0. The maximum Gasteiger partial charge on any atom is 0.211 e. The molecule has 0 aromatic heterocycles. The van der Waals surface area contributed by atoms with Crippen LogP contribution in [-0.2, 0) is 6.42 Å². The summed E-state index contributed by atoms with van der Waals surface area (Å²) in [6.07, 6.45) is 0.548. The second kappa shape index (κ2) is 8.44. The Morgan fingerprint density at radius 1 is 0.903 bits per heavy atom. The lowest BCUT2D eigenvalue weighted by molar-refractivity contribution is 0.0967. The largest absolute Gasteiger partial charge is 0.496 e. The van der Waals surface area contributed by atoms with Gasteiger partial charge in [-0.05, 0) is 41.3 Å². The molecule has 3 aromatic rings. The molecule has 1 aliphatic carbocycles. The van der Waals surface area contributed by atoms with Crippen molar-refractivity contribution in [3.63, 3.8) is 0 Å². The number of hydrogen-bond acceptors (Lipinski definition) is 5. The van der Waals surface area contributed by atoms with Crippen molar-refractivity contribution in [3.8, 4) is 16.9 Å². The highest BCUT2D eigenvalue weighted by atomic mass is 19.1. The monoisotopic (exact) mass is 416 g/mol. The van der Waals surface area contributed by atoms with Gasteiger partial charge in [0.15, 0.2) is 0 Å². The van der Waals surface area contributed by atoms with Crippen molar-refractivity contribution in [2.45, 2.75) is 6.42 Å². The summed E-state index contributed by atoms with van der Waals surface area (Å²) in [5, 5.41) is 3.03. The second-order valence-corrected chi connectivity index (χ2v) is 7.20. The summed E-state index contributed by atoms with van der Waals surface area (Å²) in [7, 11) is 1.58. The standard InChI is InChI=1S/C25H21FN2O3/c1-31-21-14-17(15-8-10-18(26)11-9-15)7-6-16(21)12-13-28-23-22(27)24(29)19-4-2-3-5-20(19)25(23)30/h2-11,14,28H,12-13,27H2,1H3. The van der Waals surface area contributed by atoms with Crippen LogP contribution in [0.15, 0.2) is 78.1 Å². The Balaban J connectivity index is 1.50. The van der Waals surface area contributed by atoms with E-state index in [-0.39, 0.29) is 28.8 Å². The van der Waals surface area contributed by atoms with E-state index in [9.17, 15) is 14.0 Å². The Morgan fingerprint density at radius 3 is 2.23 bits per heavy atom. The lowest BCUT2D eigenvalue weighted by atomic mass is 9.90. The van der Waals surface area contributed by atoms with Gasteiger partial charge in [0, 0.05) is 17.7 Å². The Kier molecular flexibility index (Phi) is 5.54. The van der Waals surface area contributed by atoms with Crippen LogP contribution in [0.25, 0.3) is 11.1 Å². The summed E-state index contributed by atoms with van der Waals surface area (Å²) in [4.78, 5) is 25.2. The van der Waals surface area contributed by atoms with Gasteiger partial charge in [-0.2, -0.15) is 0 Å². The molecule has 3 aromatic carbocycles. The summed E-state index contributed by atoms with van der Waals surface area (Å²) >= 11 is 0. The second-order valence-electron chi connectivity index (χ2n) is 7.20. The van der Waals surface area contributed by atoms with Gasteiger partial charge < -0.3 is 15.8 Å². The van der Waals surface area contributed by atoms with Crippen molar-refractivity contribution < 1.29 is 18.7 Å². The molecule has 0 saturated carbocycles. The van der Waals surface area contributed by atoms with E-state index in [1.54, 1.807) is 43.5 Å². The SMILES string of the molecule is COc1cc(-c2ccc(F)cc2)ccc1CCNC1=C(N)C(=O)c2ccccc2C1=O. The fourth-order valence-electron chi connectivity index (χ4n) is 3.67. The molecule has 4 rings (SSSR count). The molecule has 0 fully saturated rings. The molecule has 0 bridgehead atoms. The van der Waals surface area contributed by atoms with E-state index in [0.717, 1.165) is 16.7 Å². The Bertz CT molecular complexity index is 1200. The highest BCUT2D eigenvalue weighted by Gasteiger charge is 2.30. The molecule has 0 atom stereocenters. The summed E-state index contributed by atoms with van der Waals surface area (Å²) in [6.45, 7) is 0.392. The zero-order valence-electron chi connectivity index (χ0n) is 16.9. The van der Waals surface area contributed by atoms with E-state index in [4.69, 9.17) is 10.5 Å². The minimum Gasteiger partial charge on any atom is -0.496 e. The van der Waals surface area contributed by atoms with Gasteiger partial charge in [-0.25, -0.2) is 4.39 Å². The summed E-state index contributed by atoms with van der Waals surface area (Å²) in [6, 6.07) is 18.7. The van der Waals surface area contributed by atoms with E-state index in [1.165, 1.54) is 12.1 Å². The first-order valence-electron chi connectivity index (χ1n) is 9.84. The number of nitrogens with one attached hydrogen (secondary N) is 1. The lowest BCUT2D eigenvalue weighted by Crippen LogP contribution is -2.34. The van der Waals surface area contributed by atoms with Crippen LogP contribution in [0.1, 0.15) is 26.3 Å². The average Bonchev–Trinajstić information content (AvgIpc) is 2.80. The predicted octanol–water partition coefficient (Wildman–Crippen LogP) is 3.88. The minimum absolute atomic E-state index is 0.0673. The van der Waals surface area contributed by atoms with Gasteiger partial charge in [0.2, 0.25) is 11.6 Å². The molecule has 0 amide bonds. The predicted molar refractivity (Wildman–Crippen MR) is 116 cm³/mol. The molecule has 0 saturated heterocycles. The first-order chi connectivity index (χ1) is 15.0. The zero-order valence-corrected chi connectivity index (χ0v) is 16.9. The number of methoxy groups -OCH3 is 1. The number of hydrogen-bond donors (Lipinski definition) is 2. The van der Waals surface area contributed by atoms with Crippen LogP contribution in [0.3, 0.4) is 0 Å². The Morgan fingerprint density at radius 2 is 1.55 bits per heavy atom. The number of Topliss-reactive ketones (excluding diaryl/α,β-unsaturated/α-hetero) is 2. The number of ketones is 2. The fraction of sp³-hybridized carbons (Fsp3) is 0.120. The van der Waals surface area contributed by atoms with Gasteiger partial charge in [0.25, 0.3) is 0 Å². The van der Waals surface area contributed by atoms with E-state index in [1.807, 2.05) is 18.2 Å². The van der Waals surface area contributed by atoms with Crippen LogP contribution in [0.4, 0.5) is 4.39 Å². The third kappa shape index (κ3) is 3.92. The van der Waals surface area contributed by atoms with Crippen molar-refractivity contribution in [1.82, 2.24) is 5.32 Å². The van der Waals surface area contributed by atoms with E-state index >= 15 is 0 Å². The highest BCUT2D eigenvalue weighted by Crippen LogP contribution is 2.28. The molecule has 0 spiro atoms. The Hall–Kier alpha value is -3.93. The van der Waals surface area contributed by atoms with Crippen molar-refractivity contribution in [2.75, 3.05) is 13.7 Å². The molecule has 1 aliphatic rings. The highest BCUT2D eigenvalue weighted by molar-refractivity contribution is 6.26. The molecule has 5 nitrogen and oxygen atoms in total. The summed E-state index contributed by atoms with van der Waals surface area (Å²) in [5.74, 6) is -0.238. The molecule has 6 heteroatoms. The number of carbonyl (C=O) groups is 2. The minimum atomic E-state index is -0.348. The van der Waals surface area contributed by atoms with Gasteiger partial charge >= 0.3 is 0 Å². The van der Waals surface area contributed by atoms with Crippen LogP contribution in [0.2, 0.25) is 0 Å². The average molecular weight is 416 g/mol. The number of rotatable bonds is 6. The summed E-state index contributed by atoms with van der Waals surface area (Å²) < 4.78 is 18.7. The molecule has 0 aliphatic heterocycles. The fourth-order valence-corrected chi connectivity index (χ4v) is 3.67. The number of ether oxygens (including phenoxy) is 1. The van der Waals surface area contributed by atoms with Crippen LogP contribution in [-0.4, -0.2) is 25.2 Å². The molecule has 31 heavy (non-hydrogen) atoms. The van der Waals surface area contributed by atoms with Gasteiger partial charge in [0.05, 0.1) is 7.11 Å². The first kappa shape index (κ1) is 20.3. The molecule has 0 heterocycles. The number of carbonyl (C=O) groups excluding carboxylic acids is 2. The normalized spacial score (nSPS) is 13.2. The Labute approximate surface area is 179 Å². The van der Waals surface area contributed by atoms with E-state index in [0.29, 0.717) is 29.8 Å². The molecular weight excluding hydrogens is 395 g/mol. The van der Waals surface area contributed by atoms with Crippen LogP contribution >= 0.6 is 0 Å². The van der Waals surface area contributed by atoms with Crippen molar-refractivity contribution in [1.29, 1.82) is 0 Å². The number of halogens is 1. The van der Waals surface area contributed by atoms with Gasteiger partial charge in [-0.3, -0.25) is 9.59 Å². The summed E-state index contributed by atoms with van der Waals surface area (Å²) in [5.41, 5.74) is 9.41. The first-order valence-corrected chi connectivity index (χ1v) is 9.84. The smallest absolute Gasteiger partial charge is 0.211 e. The maximum atomic E-state index is 13.2. The maximum absolute atomic E-state index is 13.2. The third-order valence-corrected chi connectivity index (χ3v) is 5.32. The van der Waals surface area contributed by atoms with Gasteiger partial charge in [0.1, 0.15) is 23.0 Å². The van der Waals surface area contributed by atoms with Crippen molar-refractivity contribution in [2.24, 2.45) is 5.73 Å². The number of fused-ring (bicyclic) bond motifs is 1. The van der Waals surface area contributed by atoms with Gasteiger partial charge in [-0.1, -0.05) is 48.5 Å². The van der Waals surface area contributed by atoms with Crippen LogP contribution in [0, 0.1) is 5.82 Å². The van der Waals surface area contributed by atoms with Crippen LogP contribution < -0.4 is 15.8 Å². The van der Waals surface area contributed by atoms with Crippen molar-refractivity contribution in [3.05, 3.63) is 101 Å². The molecule has 3 N–H and O–H groups in total. The third-order valence-electron chi connectivity index (χ3n) is 5.32. The quantitative estimate of drug-likeness (QED) is 0.637. The van der Waals surface area contributed by atoms with Crippen molar-refractivity contribution >= 4 is 11.6 Å². The molecule has 156 valence electrons. The van der Waals surface area contributed by atoms with Crippen LogP contribution in [0.5, 0.6) is 5.75 Å². The molecule has 0 unspecified atom stereocenters. The molecule has 0 radical (unpaired) electrons.